The van der Waals surface area contributed by atoms with Gasteiger partial charge in [0.05, 0.1) is 44.4 Å². The molecule has 1 N–H and O–H groups in total. The summed E-state index contributed by atoms with van der Waals surface area (Å²) in [5.41, 5.74) is 2.32. The average Bonchev–Trinajstić information content (AvgIpc) is 3.04. The molecule has 160 valence electrons. The number of hydrogen-bond acceptors (Lipinski definition) is 4. The molecule has 0 atom stereocenters. The molecule has 0 radical (unpaired) electrons. The van der Waals surface area contributed by atoms with Crippen molar-refractivity contribution in [3.63, 3.8) is 0 Å². The smallest absolute Gasteiger partial charge is 0.261 e. The summed E-state index contributed by atoms with van der Waals surface area (Å²) in [6.07, 6.45) is 1.52. The van der Waals surface area contributed by atoms with E-state index in [0.717, 1.165) is 30.3 Å². The zero-order valence-electron chi connectivity index (χ0n) is 17.6. The van der Waals surface area contributed by atoms with Gasteiger partial charge in [-0.1, -0.05) is 6.08 Å². The average molecular weight is 420 g/mol. The first kappa shape index (κ1) is 20.8. The maximum Gasteiger partial charge on any atom is 0.261 e. The predicted molar refractivity (Wildman–Crippen MR) is 115 cm³/mol. The minimum absolute atomic E-state index is 0.103. The van der Waals surface area contributed by atoms with Crippen LogP contribution in [0.2, 0.25) is 0 Å². The molecule has 0 spiro atoms. The van der Waals surface area contributed by atoms with Crippen LogP contribution in [0.15, 0.2) is 55.1 Å². The third-order valence-electron chi connectivity index (χ3n) is 5.90. The van der Waals surface area contributed by atoms with E-state index >= 15 is 0 Å². The van der Waals surface area contributed by atoms with Crippen LogP contribution in [0, 0.1) is 0 Å². The highest BCUT2D eigenvalue weighted by atomic mass is 16.5. The fraction of sp³-hybridized carbons (Fsp3) is 0.292. The fourth-order valence-corrected chi connectivity index (χ4v) is 4.14. The standard InChI is InChI=1S/C24H25N3O4/c1-3-10-27-23(29)20-9-6-18(15-21(20)24(27)30)22(28)26-13-11-25(12-14-26)16-17-4-7-19(31-2)8-5-17/h3-9,15H,1,10-14,16H2,2H3/p+1. The maximum absolute atomic E-state index is 13.0. The summed E-state index contributed by atoms with van der Waals surface area (Å²) < 4.78 is 5.20. The van der Waals surface area contributed by atoms with Crippen molar-refractivity contribution in [1.29, 1.82) is 0 Å². The molecule has 2 aliphatic rings. The molecule has 0 aliphatic carbocycles. The number of rotatable bonds is 6. The molecular weight excluding hydrogens is 394 g/mol. The number of carbonyl (C=O) groups is 3. The molecule has 31 heavy (non-hydrogen) atoms. The fourth-order valence-electron chi connectivity index (χ4n) is 4.14. The van der Waals surface area contributed by atoms with E-state index in [0.29, 0.717) is 29.8 Å². The second kappa shape index (κ2) is 8.73. The summed E-state index contributed by atoms with van der Waals surface area (Å²) in [4.78, 5) is 42.3. The Morgan fingerprint density at radius 3 is 2.39 bits per heavy atom. The van der Waals surface area contributed by atoms with Crippen LogP contribution in [-0.4, -0.2) is 67.4 Å². The quantitative estimate of drug-likeness (QED) is 0.560. The number of methoxy groups -OCH3 is 1. The number of imide groups is 1. The number of carbonyl (C=O) groups excluding carboxylic acids is 3. The second-order valence-electron chi connectivity index (χ2n) is 7.84. The SMILES string of the molecule is C=CCN1C(=O)c2ccc(C(=O)N3CC[NH+](Cc4ccc(OC)cc4)CC3)cc2C1=O. The summed E-state index contributed by atoms with van der Waals surface area (Å²) in [7, 11) is 1.66. The minimum atomic E-state index is -0.372. The third-order valence-corrected chi connectivity index (χ3v) is 5.90. The van der Waals surface area contributed by atoms with Crippen LogP contribution in [0.4, 0.5) is 0 Å². The van der Waals surface area contributed by atoms with Crippen LogP contribution >= 0.6 is 0 Å². The molecule has 4 rings (SSSR count). The van der Waals surface area contributed by atoms with Gasteiger partial charge in [-0.15, -0.1) is 6.58 Å². The van der Waals surface area contributed by atoms with Crippen LogP contribution in [0.25, 0.3) is 0 Å². The number of ether oxygens (including phenoxy) is 1. The number of hydrogen-bond donors (Lipinski definition) is 1. The van der Waals surface area contributed by atoms with Crippen LogP contribution in [0.1, 0.15) is 36.6 Å². The molecule has 3 amide bonds. The normalized spacial score (nSPS) is 16.4. The van der Waals surface area contributed by atoms with Gasteiger partial charge < -0.3 is 14.5 Å². The van der Waals surface area contributed by atoms with E-state index in [9.17, 15) is 14.4 Å². The molecule has 7 heteroatoms. The largest absolute Gasteiger partial charge is 0.497 e. The Kier molecular flexibility index (Phi) is 5.86. The van der Waals surface area contributed by atoms with Gasteiger partial charge in [-0.05, 0) is 42.5 Å². The highest BCUT2D eigenvalue weighted by Crippen LogP contribution is 2.24. The molecule has 2 heterocycles. The van der Waals surface area contributed by atoms with Crippen molar-refractivity contribution in [3.05, 3.63) is 77.4 Å². The van der Waals surface area contributed by atoms with Crippen LogP contribution < -0.4 is 9.64 Å². The van der Waals surface area contributed by atoms with Crippen molar-refractivity contribution in [3.8, 4) is 5.75 Å². The van der Waals surface area contributed by atoms with Gasteiger partial charge in [0.2, 0.25) is 0 Å². The van der Waals surface area contributed by atoms with Gasteiger partial charge in [-0.3, -0.25) is 19.3 Å². The number of quaternary nitrogens is 1. The monoisotopic (exact) mass is 420 g/mol. The van der Waals surface area contributed by atoms with Gasteiger partial charge in [0.15, 0.2) is 0 Å². The van der Waals surface area contributed by atoms with Crippen molar-refractivity contribution in [2.24, 2.45) is 0 Å². The molecule has 2 aromatic rings. The van der Waals surface area contributed by atoms with Crippen molar-refractivity contribution in [2.75, 3.05) is 39.8 Å². The first-order valence-electron chi connectivity index (χ1n) is 10.4. The molecule has 1 saturated heterocycles. The topological polar surface area (TPSA) is 71.4 Å². The molecule has 1 fully saturated rings. The van der Waals surface area contributed by atoms with Crippen LogP contribution in [-0.2, 0) is 6.54 Å². The number of fused-ring (bicyclic) bond motifs is 1. The Morgan fingerprint density at radius 1 is 1.06 bits per heavy atom. The van der Waals surface area contributed by atoms with Crippen LogP contribution in [0.5, 0.6) is 5.75 Å². The van der Waals surface area contributed by atoms with E-state index in [4.69, 9.17) is 4.74 Å². The number of piperazine rings is 1. The van der Waals surface area contributed by atoms with E-state index in [1.165, 1.54) is 16.5 Å². The predicted octanol–water partition coefficient (Wildman–Crippen LogP) is 1.02. The lowest BCUT2D eigenvalue weighted by Crippen LogP contribution is -3.13. The van der Waals surface area contributed by atoms with E-state index in [2.05, 4.69) is 18.7 Å². The molecule has 0 bridgehead atoms. The second-order valence-corrected chi connectivity index (χ2v) is 7.84. The maximum atomic E-state index is 13.0. The van der Waals surface area contributed by atoms with E-state index in [-0.39, 0.29) is 24.3 Å². The van der Waals surface area contributed by atoms with Gasteiger partial charge in [-0.25, -0.2) is 0 Å². The van der Waals surface area contributed by atoms with Crippen molar-refractivity contribution >= 4 is 17.7 Å². The number of nitrogens with zero attached hydrogens (tertiary/aromatic N) is 2. The molecule has 0 saturated carbocycles. The van der Waals surface area contributed by atoms with Gasteiger partial charge in [0.1, 0.15) is 12.3 Å². The minimum Gasteiger partial charge on any atom is -0.497 e. The molecule has 0 unspecified atom stereocenters. The molecule has 7 nitrogen and oxygen atoms in total. The number of amides is 3. The van der Waals surface area contributed by atoms with Gasteiger partial charge in [0, 0.05) is 17.7 Å². The summed E-state index contributed by atoms with van der Waals surface area (Å²) in [5.74, 6) is 0.0305. The Balaban J connectivity index is 1.39. The van der Waals surface area contributed by atoms with Crippen LogP contribution in [0.3, 0.4) is 0 Å². The summed E-state index contributed by atoms with van der Waals surface area (Å²) in [5, 5.41) is 0. The lowest BCUT2D eigenvalue weighted by molar-refractivity contribution is -0.917. The summed E-state index contributed by atoms with van der Waals surface area (Å²) >= 11 is 0. The van der Waals surface area contributed by atoms with Crippen molar-refractivity contribution in [2.45, 2.75) is 6.54 Å². The van der Waals surface area contributed by atoms with E-state index in [1.807, 2.05) is 17.0 Å². The zero-order valence-corrected chi connectivity index (χ0v) is 17.6. The highest BCUT2D eigenvalue weighted by Gasteiger charge is 2.35. The number of nitrogens with one attached hydrogen (secondary N) is 1. The van der Waals surface area contributed by atoms with Gasteiger partial charge in [-0.2, -0.15) is 0 Å². The van der Waals surface area contributed by atoms with Gasteiger partial charge in [0.25, 0.3) is 17.7 Å². The number of benzene rings is 2. The Hall–Kier alpha value is -3.45. The van der Waals surface area contributed by atoms with E-state index in [1.54, 1.807) is 25.3 Å². The molecule has 2 aromatic carbocycles. The molecule has 0 aromatic heterocycles. The highest BCUT2D eigenvalue weighted by molar-refractivity contribution is 6.22. The first-order valence-corrected chi connectivity index (χ1v) is 10.4. The first-order chi connectivity index (χ1) is 15.0. The Morgan fingerprint density at radius 2 is 1.74 bits per heavy atom. The zero-order chi connectivity index (χ0) is 22.0. The van der Waals surface area contributed by atoms with E-state index < -0.39 is 0 Å². The molecular formula is C24H26N3O4+. The third kappa shape index (κ3) is 4.09. The lowest BCUT2D eigenvalue weighted by Gasteiger charge is -2.32. The summed E-state index contributed by atoms with van der Waals surface area (Å²) in [6, 6.07) is 12.8. The van der Waals surface area contributed by atoms with Crippen molar-refractivity contribution in [1.82, 2.24) is 9.80 Å². The lowest BCUT2D eigenvalue weighted by atomic mass is 10.0. The van der Waals surface area contributed by atoms with Gasteiger partial charge >= 0.3 is 0 Å². The molecule has 2 aliphatic heterocycles. The summed E-state index contributed by atoms with van der Waals surface area (Å²) in [6.45, 7) is 7.66. The Bertz CT molecular complexity index is 1020. The Labute approximate surface area is 181 Å². The van der Waals surface area contributed by atoms with Crippen molar-refractivity contribution < 1.29 is 24.0 Å².